The van der Waals surface area contributed by atoms with Crippen LogP contribution in [0.4, 0.5) is 10.1 Å². The van der Waals surface area contributed by atoms with Crippen LogP contribution in [0.2, 0.25) is 0 Å². The maximum atomic E-state index is 14.0. The predicted molar refractivity (Wildman–Crippen MR) is 77.6 cm³/mol. The van der Waals surface area contributed by atoms with Crippen molar-refractivity contribution in [3.05, 3.63) is 58.9 Å². The molecule has 0 atom stereocenters. The minimum Gasteiger partial charge on any atom is -0.398 e. The van der Waals surface area contributed by atoms with E-state index in [2.05, 4.69) is 0 Å². The molecule has 0 amide bonds. The third-order valence-corrected chi connectivity index (χ3v) is 4.78. The molecule has 0 unspecified atom stereocenters. The lowest BCUT2D eigenvalue weighted by Crippen LogP contribution is -2.09. The topological polar surface area (TPSA) is 84.0 Å². The van der Waals surface area contributed by atoms with E-state index in [1.807, 2.05) is 0 Å². The van der Waals surface area contributed by atoms with E-state index >= 15 is 0 Å². The van der Waals surface area contributed by atoms with Crippen LogP contribution < -0.4 is 5.73 Å². The highest BCUT2D eigenvalue weighted by Gasteiger charge is 2.21. The summed E-state index contributed by atoms with van der Waals surface area (Å²) in [4.78, 5) is -0.0325. The molecule has 0 spiro atoms. The molecule has 2 rings (SSSR count). The Labute approximate surface area is 122 Å². The number of nitrogens with two attached hydrogens (primary N) is 1. The number of benzene rings is 2. The smallest absolute Gasteiger partial charge is 0.184 e. The molecule has 6 heteroatoms. The number of hydrogen-bond donors (Lipinski definition) is 1. The average molecular weight is 304 g/mol. The van der Waals surface area contributed by atoms with Crippen molar-refractivity contribution in [3.8, 4) is 6.07 Å². The van der Waals surface area contributed by atoms with Crippen LogP contribution in [0, 0.1) is 24.1 Å². The van der Waals surface area contributed by atoms with Gasteiger partial charge in [0.25, 0.3) is 0 Å². The zero-order chi connectivity index (χ0) is 15.6. The second-order valence-electron chi connectivity index (χ2n) is 4.69. The van der Waals surface area contributed by atoms with Gasteiger partial charge in [-0.15, -0.1) is 0 Å². The van der Waals surface area contributed by atoms with Crippen molar-refractivity contribution < 1.29 is 12.8 Å². The van der Waals surface area contributed by atoms with Crippen LogP contribution in [-0.4, -0.2) is 8.42 Å². The van der Waals surface area contributed by atoms with Crippen LogP contribution in [0.15, 0.2) is 41.3 Å². The summed E-state index contributed by atoms with van der Waals surface area (Å²) in [6, 6.07) is 10.4. The van der Waals surface area contributed by atoms with Crippen molar-refractivity contribution in [3.63, 3.8) is 0 Å². The minimum absolute atomic E-state index is 0.0325. The number of sulfone groups is 1. The predicted octanol–water partition coefficient (Wildman–Crippen LogP) is 2.56. The molecule has 4 nitrogen and oxygen atoms in total. The van der Waals surface area contributed by atoms with Gasteiger partial charge in [0, 0.05) is 5.56 Å². The number of nitriles is 1. The van der Waals surface area contributed by atoms with Crippen molar-refractivity contribution >= 4 is 15.5 Å². The molecule has 0 bridgehead atoms. The number of rotatable bonds is 3. The molecule has 0 saturated heterocycles. The van der Waals surface area contributed by atoms with Crippen LogP contribution in [0.1, 0.15) is 16.7 Å². The molecule has 2 N–H and O–H groups in total. The summed E-state index contributed by atoms with van der Waals surface area (Å²) in [6.07, 6.45) is 0. The number of nitrogen functional groups attached to an aromatic ring is 1. The molecule has 0 radical (unpaired) electrons. The molecule has 21 heavy (non-hydrogen) atoms. The number of hydrogen-bond acceptors (Lipinski definition) is 4. The monoisotopic (exact) mass is 304 g/mol. The van der Waals surface area contributed by atoms with E-state index < -0.39 is 21.4 Å². The lowest BCUT2D eigenvalue weighted by atomic mass is 10.1. The Bertz CT molecular complexity index is 839. The second kappa shape index (κ2) is 5.54. The quantitative estimate of drug-likeness (QED) is 0.883. The first-order valence-corrected chi connectivity index (χ1v) is 7.77. The molecular formula is C15H13FN2O2S. The molecule has 0 heterocycles. The molecule has 0 aromatic heterocycles. The van der Waals surface area contributed by atoms with Crippen molar-refractivity contribution in [2.24, 2.45) is 0 Å². The Morgan fingerprint density at radius 2 is 2.00 bits per heavy atom. The van der Waals surface area contributed by atoms with E-state index in [0.717, 1.165) is 5.56 Å². The Balaban J connectivity index is 2.45. The molecule has 0 aliphatic heterocycles. The largest absolute Gasteiger partial charge is 0.398 e. The van der Waals surface area contributed by atoms with E-state index in [1.54, 1.807) is 25.1 Å². The van der Waals surface area contributed by atoms with Crippen LogP contribution >= 0.6 is 0 Å². The van der Waals surface area contributed by atoms with Crippen LogP contribution in [0.25, 0.3) is 0 Å². The Kier molecular flexibility index (Phi) is 3.96. The summed E-state index contributed by atoms with van der Waals surface area (Å²) in [5.74, 6) is -1.35. The van der Waals surface area contributed by atoms with Gasteiger partial charge < -0.3 is 5.73 Å². The zero-order valence-corrected chi connectivity index (χ0v) is 12.1. The molecule has 108 valence electrons. The summed E-state index contributed by atoms with van der Waals surface area (Å²) in [5, 5.41) is 8.77. The Hall–Kier alpha value is -2.39. The summed E-state index contributed by atoms with van der Waals surface area (Å²) >= 11 is 0. The van der Waals surface area contributed by atoms with Crippen LogP contribution in [0.5, 0.6) is 0 Å². The van der Waals surface area contributed by atoms with Crippen molar-refractivity contribution in [1.82, 2.24) is 0 Å². The number of anilines is 1. The fourth-order valence-corrected chi connectivity index (χ4v) is 3.49. The summed E-state index contributed by atoms with van der Waals surface area (Å²) in [5.41, 5.74) is 6.47. The minimum atomic E-state index is -3.78. The second-order valence-corrected chi connectivity index (χ2v) is 6.65. The molecular weight excluding hydrogens is 291 g/mol. The molecule has 0 aliphatic carbocycles. The van der Waals surface area contributed by atoms with Crippen LogP contribution in [0.3, 0.4) is 0 Å². The van der Waals surface area contributed by atoms with Gasteiger partial charge in [-0.1, -0.05) is 18.2 Å². The maximum Gasteiger partial charge on any atom is 0.184 e. The number of nitrogens with zero attached hydrogens (tertiary/aromatic N) is 1. The van der Waals surface area contributed by atoms with Crippen LogP contribution in [-0.2, 0) is 15.6 Å². The average Bonchev–Trinajstić information content (AvgIpc) is 2.40. The van der Waals surface area contributed by atoms with Crippen molar-refractivity contribution in [1.29, 1.82) is 5.26 Å². The van der Waals surface area contributed by atoms with Gasteiger partial charge in [-0.25, -0.2) is 12.8 Å². The fourth-order valence-electron chi connectivity index (χ4n) is 2.01. The van der Waals surface area contributed by atoms with Gasteiger partial charge in [0.15, 0.2) is 9.84 Å². The maximum absolute atomic E-state index is 14.0. The third-order valence-electron chi connectivity index (χ3n) is 3.05. The first-order chi connectivity index (χ1) is 9.85. The lowest BCUT2D eigenvalue weighted by Gasteiger charge is -2.09. The van der Waals surface area contributed by atoms with Gasteiger partial charge in [0.2, 0.25) is 0 Å². The van der Waals surface area contributed by atoms with E-state index in [9.17, 15) is 12.8 Å². The van der Waals surface area contributed by atoms with E-state index in [-0.39, 0.29) is 21.7 Å². The number of aryl methyl sites for hydroxylation is 1. The highest BCUT2D eigenvalue weighted by molar-refractivity contribution is 7.90. The van der Waals surface area contributed by atoms with Gasteiger partial charge in [-0.05, 0) is 30.7 Å². The van der Waals surface area contributed by atoms with Crippen molar-refractivity contribution in [2.45, 2.75) is 17.6 Å². The van der Waals surface area contributed by atoms with Gasteiger partial charge >= 0.3 is 0 Å². The Morgan fingerprint density at radius 1 is 1.29 bits per heavy atom. The zero-order valence-electron chi connectivity index (χ0n) is 11.3. The third kappa shape index (κ3) is 3.03. The Morgan fingerprint density at radius 3 is 2.62 bits per heavy atom. The normalized spacial score (nSPS) is 11.1. The van der Waals surface area contributed by atoms with Crippen molar-refractivity contribution in [2.75, 3.05) is 5.73 Å². The lowest BCUT2D eigenvalue weighted by molar-refractivity contribution is 0.586. The van der Waals surface area contributed by atoms with Gasteiger partial charge in [-0.3, -0.25) is 0 Å². The molecule has 2 aromatic carbocycles. The van der Waals surface area contributed by atoms with E-state index in [1.165, 1.54) is 24.3 Å². The van der Waals surface area contributed by atoms with Gasteiger partial charge in [0.05, 0.1) is 21.9 Å². The SMILES string of the molecule is Cc1ccc(S(=O)(=O)Cc2cccc(C#N)c2F)c(N)c1. The molecule has 2 aromatic rings. The fraction of sp³-hybridized carbons (Fsp3) is 0.133. The van der Waals surface area contributed by atoms with E-state index in [0.29, 0.717) is 0 Å². The highest BCUT2D eigenvalue weighted by Crippen LogP contribution is 2.25. The highest BCUT2D eigenvalue weighted by atomic mass is 32.2. The summed E-state index contributed by atoms with van der Waals surface area (Å²) in [7, 11) is -3.78. The molecule has 0 aliphatic rings. The van der Waals surface area contributed by atoms with Gasteiger partial charge in [-0.2, -0.15) is 5.26 Å². The molecule has 0 fully saturated rings. The summed E-state index contributed by atoms with van der Waals surface area (Å²) in [6.45, 7) is 1.79. The standard InChI is InChI=1S/C15H13FN2O2S/c1-10-5-6-14(13(18)7-10)21(19,20)9-12-4-2-3-11(8-17)15(12)16/h2-7H,9,18H2,1H3. The molecule has 0 saturated carbocycles. The van der Waals surface area contributed by atoms with Gasteiger partial charge in [0.1, 0.15) is 11.9 Å². The first-order valence-electron chi connectivity index (χ1n) is 6.11. The van der Waals surface area contributed by atoms with E-state index in [4.69, 9.17) is 11.0 Å². The first kappa shape index (κ1) is 15.0. The summed E-state index contributed by atoms with van der Waals surface area (Å²) < 4.78 is 38.7. The number of halogens is 1.